The minimum atomic E-state index is -0.174. The molecule has 1 fully saturated rings. The maximum Gasteiger partial charge on any atom is 0.0965 e. The van der Waals surface area contributed by atoms with Gasteiger partial charge < -0.3 is 9.59 Å². The third-order valence-corrected chi connectivity index (χ3v) is 7.63. The molecule has 184 valence electrons. The second-order valence-corrected chi connectivity index (χ2v) is 11.8. The minimum Gasteiger partial charge on any atom is -0.392 e. The largest absolute Gasteiger partial charge is 0.392 e. The number of hydrogen-bond acceptors (Lipinski definition) is 1. The van der Waals surface area contributed by atoms with Crippen LogP contribution >= 0.6 is 0 Å². The highest BCUT2D eigenvalue weighted by atomic mass is 16.3. The molecular formula is C30H54NO+. The SMILES string of the molecule is CC(C)=CCC/C(C)=C/CC/C(C)=C/CC/C=C(\C)CC[C@H]1C(C)(C)[C@@H](O)CC[N+]1(C)C. The van der Waals surface area contributed by atoms with Crippen LogP contribution in [0.4, 0.5) is 0 Å². The molecule has 1 saturated heterocycles. The second-order valence-electron chi connectivity index (χ2n) is 11.8. The molecule has 0 saturated carbocycles. The average Bonchev–Trinajstić information content (AvgIpc) is 2.68. The van der Waals surface area contributed by atoms with Crippen molar-refractivity contribution in [2.24, 2.45) is 5.41 Å². The van der Waals surface area contributed by atoms with Crippen molar-refractivity contribution < 1.29 is 9.59 Å². The molecule has 1 N–H and O–H groups in total. The molecule has 1 aliphatic rings. The summed E-state index contributed by atoms with van der Waals surface area (Å²) in [5.41, 5.74) is 5.94. The van der Waals surface area contributed by atoms with Crippen molar-refractivity contribution in [2.45, 2.75) is 118 Å². The molecule has 0 aromatic carbocycles. The van der Waals surface area contributed by atoms with Gasteiger partial charge in [-0.15, -0.1) is 0 Å². The van der Waals surface area contributed by atoms with E-state index >= 15 is 0 Å². The molecule has 0 amide bonds. The van der Waals surface area contributed by atoms with Crippen LogP contribution in [0.2, 0.25) is 0 Å². The standard InChI is InChI=1S/C30H54NO/c1-24(2)14-12-17-26(4)19-13-18-25(3)15-10-11-16-27(5)20-21-28-30(6,7)29(32)22-23-31(28,8)9/h14-16,19,28-29,32H,10-13,17-18,20-23H2,1-9H3/q+1/b25-15+,26-19+,27-16+/t28-,29-/m0/s1. The van der Waals surface area contributed by atoms with Gasteiger partial charge in [0, 0.05) is 18.3 Å². The van der Waals surface area contributed by atoms with E-state index in [4.69, 9.17) is 0 Å². The van der Waals surface area contributed by atoms with Crippen LogP contribution in [-0.2, 0) is 0 Å². The molecule has 0 spiro atoms. The number of nitrogens with zero attached hydrogens (tertiary/aromatic N) is 1. The lowest BCUT2D eigenvalue weighted by Crippen LogP contribution is -2.63. The van der Waals surface area contributed by atoms with Gasteiger partial charge in [-0.2, -0.15) is 0 Å². The predicted molar refractivity (Wildman–Crippen MR) is 143 cm³/mol. The van der Waals surface area contributed by atoms with E-state index in [1.807, 2.05) is 0 Å². The van der Waals surface area contributed by atoms with Gasteiger partial charge in [0.05, 0.1) is 32.8 Å². The second kappa shape index (κ2) is 13.6. The van der Waals surface area contributed by atoms with Gasteiger partial charge in [0.15, 0.2) is 0 Å². The van der Waals surface area contributed by atoms with Gasteiger partial charge >= 0.3 is 0 Å². The number of aliphatic hydroxyl groups is 1. The third-order valence-electron chi connectivity index (χ3n) is 7.63. The van der Waals surface area contributed by atoms with E-state index in [-0.39, 0.29) is 11.5 Å². The molecule has 1 rings (SSSR count). The molecular weight excluding hydrogens is 390 g/mol. The summed E-state index contributed by atoms with van der Waals surface area (Å²) < 4.78 is 1.03. The fraction of sp³-hybridized carbons (Fsp3) is 0.733. The van der Waals surface area contributed by atoms with Crippen molar-refractivity contribution in [1.29, 1.82) is 0 Å². The molecule has 32 heavy (non-hydrogen) atoms. The van der Waals surface area contributed by atoms with Crippen LogP contribution in [0.15, 0.2) is 46.6 Å². The van der Waals surface area contributed by atoms with Crippen molar-refractivity contribution in [2.75, 3.05) is 20.6 Å². The zero-order chi connectivity index (χ0) is 24.4. The first-order valence-corrected chi connectivity index (χ1v) is 13.0. The maximum atomic E-state index is 10.5. The monoisotopic (exact) mass is 444 g/mol. The number of unbranched alkanes of at least 4 members (excludes halogenated alkanes) is 1. The highest BCUT2D eigenvalue weighted by Gasteiger charge is 2.49. The quantitative estimate of drug-likeness (QED) is 0.183. The fourth-order valence-corrected chi connectivity index (χ4v) is 5.29. The highest BCUT2D eigenvalue weighted by molar-refractivity contribution is 5.06. The molecule has 0 aromatic rings. The van der Waals surface area contributed by atoms with E-state index < -0.39 is 0 Å². The summed E-state index contributed by atoms with van der Waals surface area (Å²) in [6.07, 6.45) is 19.6. The molecule has 2 heteroatoms. The Hall–Kier alpha value is -1.12. The van der Waals surface area contributed by atoms with E-state index in [2.05, 4.69) is 86.9 Å². The van der Waals surface area contributed by atoms with Gasteiger partial charge in [-0.1, -0.05) is 60.4 Å². The van der Waals surface area contributed by atoms with E-state index in [0.29, 0.717) is 6.04 Å². The topological polar surface area (TPSA) is 20.2 Å². The van der Waals surface area contributed by atoms with Gasteiger partial charge in [-0.05, 0) is 79.6 Å². The Balaban J connectivity index is 2.39. The molecule has 1 aliphatic heterocycles. The molecule has 0 radical (unpaired) electrons. The lowest BCUT2D eigenvalue weighted by Gasteiger charge is -2.52. The Kier molecular flexibility index (Phi) is 12.2. The van der Waals surface area contributed by atoms with Gasteiger partial charge in [-0.3, -0.25) is 0 Å². The van der Waals surface area contributed by atoms with Crippen LogP contribution in [0.25, 0.3) is 0 Å². The van der Waals surface area contributed by atoms with Crippen molar-refractivity contribution in [1.82, 2.24) is 0 Å². The lowest BCUT2D eigenvalue weighted by atomic mass is 9.71. The Morgan fingerprint density at radius 2 is 1.25 bits per heavy atom. The number of quaternary nitrogens is 1. The number of hydrogen-bond donors (Lipinski definition) is 1. The Bertz CT molecular complexity index is 686. The van der Waals surface area contributed by atoms with E-state index in [1.165, 1.54) is 41.6 Å². The predicted octanol–water partition coefficient (Wildman–Crippen LogP) is 8.15. The van der Waals surface area contributed by atoms with Gasteiger partial charge in [-0.25, -0.2) is 0 Å². The van der Waals surface area contributed by atoms with E-state index in [0.717, 1.165) is 49.6 Å². The molecule has 0 aromatic heterocycles. The van der Waals surface area contributed by atoms with Gasteiger partial charge in [0.2, 0.25) is 0 Å². The Labute approximate surface area is 200 Å². The van der Waals surface area contributed by atoms with Crippen molar-refractivity contribution >= 4 is 0 Å². The summed E-state index contributed by atoms with van der Waals surface area (Å²) in [5, 5.41) is 10.5. The molecule has 0 bridgehead atoms. The first-order chi connectivity index (χ1) is 14.9. The Morgan fingerprint density at radius 1 is 0.781 bits per heavy atom. The molecule has 2 nitrogen and oxygen atoms in total. The van der Waals surface area contributed by atoms with Crippen LogP contribution in [0.3, 0.4) is 0 Å². The van der Waals surface area contributed by atoms with E-state index in [1.54, 1.807) is 0 Å². The maximum absolute atomic E-state index is 10.5. The summed E-state index contributed by atoms with van der Waals surface area (Å²) in [4.78, 5) is 0. The smallest absolute Gasteiger partial charge is 0.0965 e. The number of allylic oxidation sites excluding steroid dienone is 8. The molecule has 0 unspecified atom stereocenters. The Morgan fingerprint density at radius 3 is 1.78 bits per heavy atom. The summed E-state index contributed by atoms with van der Waals surface area (Å²) in [6.45, 7) is 16.8. The summed E-state index contributed by atoms with van der Waals surface area (Å²) in [6, 6.07) is 0.510. The van der Waals surface area contributed by atoms with Crippen molar-refractivity contribution in [3.8, 4) is 0 Å². The summed E-state index contributed by atoms with van der Waals surface area (Å²) >= 11 is 0. The van der Waals surface area contributed by atoms with Crippen LogP contribution in [0.1, 0.15) is 106 Å². The minimum absolute atomic E-state index is 0.0136. The highest BCUT2D eigenvalue weighted by Crippen LogP contribution is 2.40. The van der Waals surface area contributed by atoms with Crippen LogP contribution in [0.5, 0.6) is 0 Å². The zero-order valence-electron chi connectivity index (χ0n) is 22.9. The summed E-state index contributed by atoms with van der Waals surface area (Å²) in [5.74, 6) is 0. The average molecular weight is 445 g/mol. The molecule has 2 atom stereocenters. The number of rotatable bonds is 12. The van der Waals surface area contributed by atoms with Crippen molar-refractivity contribution in [3.05, 3.63) is 46.6 Å². The van der Waals surface area contributed by atoms with Crippen molar-refractivity contribution in [3.63, 3.8) is 0 Å². The van der Waals surface area contributed by atoms with Gasteiger partial charge in [0.1, 0.15) is 0 Å². The molecule has 1 heterocycles. The summed E-state index contributed by atoms with van der Waals surface area (Å²) in [7, 11) is 4.68. The molecule has 0 aliphatic carbocycles. The first-order valence-electron chi connectivity index (χ1n) is 13.0. The lowest BCUT2D eigenvalue weighted by molar-refractivity contribution is -0.930. The number of piperidine rings is 1. The van der Waals surface area contributed by atoms with E-state index in [9.17, 15) is 5.11 Å². The van der Waals surface area contributed by atoms with Gasteiger partial charge in [0.25, 0.3) is 0 Å². The normalized spacial score (nSPS) is 23.9. The van der Waals surface area contributed by atoms with Crippen LogP contribution in [0, 0.1) is 5.41 Å². The zero-order valence-corrected chi connectivity index (χ0v) is 22.9. The van der Waals surface area contributed by atoms with Crippen LogP contribution < -0.4 is 0 Å². The fourth-order valence-electron chi connectivity index (χ4n) is 5.29. The number of aliphatic hydroxyl groups excluding tert-OH is 1. The number of likely N-dealkylation sites (tertiary alicyclic amines) is 1. The third kappa shape index (κ3) is 10.2. The first kappa shape index (κ1) is 28.9. The van der Waals surface area contributed by atoms with Crippen LogP contribution in [-0.4, -0.2) is 42.4 Å².